The molecule has 0 spiro atoms. The minimum Gasteiger partial charge on any atom is -0.324 e. The van der Waals surface area contributed by atoms with E-state index in [2.05, 4.69) is 9.97 Å². The highest BCUT2D eigenvalue weighted by Crippen LogP contribution is 2.28. The maximum absolute atomic E-state index is 10.8. The van der Waals surface area contributed by atoms with Crippen LogP contribution in [0, 0.1) is 10.1 Å². The second-order valence-electron chi connectivity index (χ2n) is 4.90. The molecule has 2 N–H and O–H groups in total. The first kappa shape index (κ1) is 12.7. The van der Waals surface area contributed by atoms with Gasteiger partial charge in [0.2, 0.25) is 0 Å². The van der Waals surface area contributed by atoms with Crippen LogP contribution < -0.4 is 5.73 Å². The van der Waals surface area contributed by atoms with Crippen molar-refractivity contribution in [1.82, 2.24) is 9.97 Å². The SMILES string of the molecule is NC1CCCc2nc(-c3cccc([N+](=O)[O-])c3)ncc21. The lowest BCUT2D eigenvalue weighted by Crippen LogP contribution is -2.19. The number of benzene rings is 1. The summed E-state index contributed by atoms with van der Waals surface area (Å²) in [5.74, 6) is 0.515. The largest absolute Gasteiger partial charge is 0.324 e. The summed E-state index contributed by atoms with van der Waals surface area (Å²) in [5.41, 5.74) is 8.68. The molecule has 0 radical (unpaired) electrons. The summed E-state index contributed by atoms with van der Waals surface area (Å²) in [5, 5.41) is 10.8. The Morgan fingerprint density at radius 1 is 1.40 bits per heavy atom. The molecule has 102 valence electrons. The number of aryl methyl sites for hydroxylation is 1. The topological polar surface area (TPSA) is 94.9 Å². The maximum atomic E-state index is 10.8. The molecule has 3 rings (SSSR count). The fourth-order valence-corrected chi connectivity index (χ4v) is 2.48. The van der Waals surface area contributed by atoms with Gasteiger partial charge in [0.15, 0.2) is 5.82 Å². The number of rotatable bonds is 2. The number of aromatic nitrogens is 2. The highest BCUT2D eigenvalue weighted by molar-refractivity contribution is 5.59. The Bertz CT molecular complexity index is 672. The Morgan fingerprint density at radius 3 is 3.05 bits per heavy atom. The maximum Gasteiger partial charge on any atom is 0.270 e. The number of nitrogens with two attached hydrogens (primary N) is 1. The molecule has 0 saturated carbocycles. The van der Waals surface area contributed by atoms with Crippen molar-refractivity contribution < 1.29 is 4.92 Å². The van der Waals surface area contributed by atoms with Crippen molar-refractivity contribution in [3.8, 4) is 11.4 Å². The molecule has 0 bridgehead atoms. The van der Waals surface area contributed by atoms with E-state index in [0.29, 0.717) is 11.4 Å². The molecule has 1 unspecified atom stereocenters. The van der Waals surface area contributed by atoms with Crippen LogP contribution in [0.1, 0.15) is 30.1 Å². The van der Waals surface area contributed by atoms with Crippen LogP contribution >= 0.6 is 0 Å². The third-order valence-corrected chi connectivity index (χ3v) is 3.54. The van der Waals surface area contributed by atoms with Crippen molar-refractivity contribution in [1.29, 1.82) is 0 Å². The van der Waals surface area contributed by atoms with Crippen LogP contribution in [-0.4, -0.2) is 14.9 Å². The second kappa shape index (κ2) is 4.97. The highest BCUT2D eigenvalue weighted by Gasteiger charge is 2.19. The summed E-state index contributed by atoms with van der Waals surface area (Å²) < 4.78 is 0. The standard InChI is InChI=1S/C14H14N4O2/c15-12-5-2-6-13-11(12)8-16-14(17-13)9-3-1-4-10(7-9)18(19)20/h1,3-4,7-8,12H,2,5-6,15H2. The Morgan fingerprint density at radius 2 is 2.25 bits per heavy atom. The highest BCUT2D eigenvalue weighted by atomic mass is 16.6. The van der Waals surface area contributed by atoms with E-state index >= 15 is 0 Å². The molecular formula is C14H14N4O2. The summed E-state index contributed by atoms with van der Waals surface area (Å²) in [7, 11) is 0. The van der Waals surface area contributed by atoms with Crippen LogP contribution in [0.2, 0.25) is 0 Å². The average molecular weight is 270 g/mol. The first-order valence-electron chi connectivity index (χ1n) is 6.51. The van der Waals surface area contributed by atoms with Crippen LogP contribution in [0.3, 0.4) is 0 Å². The smallest absolute Gasteiger partial charge is 0.270 e. The van der Waals surface area contributed by atoms with Gasteiger partial charge in [0.1, 0.15) is 0 Å². The van der Waals surface area contributed by atoms with Crippen molar-refractivity contribution in [3.05, 3.63) is 51.8 Å². The number of fused-ring (bicyclic) bond motifs is 1. The monoisotopic (exact) mass is 270 g/mol. The normalized spacial score (nSPS) is 17.6. The first-order valence-corrected chi connectivity index (χ1v) is 6.51. The van der Waals surface area contributed by atoms with Gasteiger partial charge >= 0.3 is 0 Å². The summed E-state index contributed by atoms with van der Waals surface area (Å²) in [6.07, 6.45) is 4.60. The zero-order chi connectivity index (χ0) is 14.1. The molecule has 1 aliphatic rings. The lowest BCUT2D eigenvalue weighted by molar-refractivity contribution is -0.384. The Labute approximate surface area is 115 Å². The molecule has 0 aliphatic heterocycles. The predicted molar refractivity (Wildman–Crippen MR) is 74.0 cm³/mol. The Hall–Kier alpha value is -2.34. The summed E-state index contributed by atoms with van der Waals surface area (Å²) in [6, 6.07) is 6.36. The van der Waals surface area contributed by atoms with E-state index in [0.717, 1.165) is 30.5 Å². The number of nitro groups is 1. The van der Waals surface area contributed by atoms with E-state index in [1.54, 1.807) is 18.3 Å². The second-order valence-corrected chi connectivity index (χ2v) is 4.90. The fraction of sp³-hybridized carbons (Fsp3) is 0.286. The van der Waals surface area contributed by atoms with Gasteiger partial charge in [-0.2, -0.15) is 0 Å². The minimum atomic E-state index is -0.419. The van der Waals surface area contributed by atoms with Crippen LogP contribution in [0.25, 0.3) is 11.4 Å². The van der Waals surface area contributed by atoms with Crippen LogP contribution in [0.15, 0.2) is 30.5 Å². The number of hydrogen-bond donors (Lipinski definition) is 1. The van der Waals surface area contributed by atoms with Gasteiger partial charge in [-0.1, -0.05) is 12.1 Å². The molecule has 1 aromatic carbocycles. The lowest BCUT2D eigenvalue weighted by Gasteiger charge is -2.20. The van der Waals surface area contributed by atoms with E-state index in [9.17, 15) is 10.1 Å². The Balaban J connectivity index is 2.03. The quantitative estimate of drug-likeness (QED) is 0.667. The van der Waals surface area contributed by atoms with Crippen molar-refractivity contribution in [2.24, 2.45) is 5.73 Å². The van der Waals surface area contributed by atoms with Crippen molar-refractivity contribution in [3.63, 3.8) is 0 Å². The van der Waals surface area contributed by atoms with E-state index in [1.807, 2.05) is 0 Å². The molecule has 0 saturated heterocycles. The van der Waals surface area contributed by atoms with Gasteiger partial charge in [0.05, 0.1) is 4.92 Å². The van der Waals surface area contributed by atoms with Gasteiger partial charge < -0.3 is 5.73 Å². The summed E-state index contributed by atoms with van der Waals surface area (Å²) >= 11 is 0. The molecule has 1 aliphatic carbocycles. The molecule has 1 atom stereocenters. The molecule has 2 aromatic rings. The van der Waals surface area contributed by atoms with E-state index in [4.69, 9.17) is 5.73 Å². The average Bonchev–Trinajstić information content (AvgIpc) is 2.47. The van der Waals surface area contributed by atoms with Gasteiger partial charge in [0.25, 0.3) is 5.69 Å². The fourth-order valence-electron chi connectivity index (χ4n) is 2.48. The van der Waals surface area contributed by atoms with Gasteiger partial charge in [-0.05, 0) is 19.3 Å². The molecule has 6 heteroatoms. The van der Waals surface area contributed by atoms with Crippen molar-refractivity contribution >= 4 is 5.69 Å². The van der Waals surface area contributed by atoms with Crippen molar-refractivity contribution in [2.45, 2.75) is 25.3 Å². The number of non-ortho nitro benzene ring substituents is 1. The van der Waals surface area contributed by atoms with Crippen LogP contribution in [-0.2, 0) is 6.42 Å². The summed E-state index contributed by atoms with van der Waals surface area (Å²) in [4.78, 5) is 19.2. The molecule has 1 aromatic heterocycles. The van der Waals surface area contributed by atoms with Crippen LogP contribution in [0.4, 0.5) is 5.69 Å². The van der Waals surface area contributed by atoms with Gasteiger partial charge in [-0.3, -0.25) is 10.1 Å². The van der Waals surface area contributed by atoms with Gasteiger partial charge in [-0.25, -0.2) is 9.97 Å². The van der Waals surface area contributed by atoms with Crippen molar-refractivity contribution in [2.75, 3.05) is 0 Å². The molecular weight excluding hydrogens is 256 g/mol. The Kier molecular flexibility index (Phi) is 3.15. The van der Waals surface area contributed by atoms with Crippen LogP contribution in [0.5, 0.6) is 0 Å². The lowest BCUT2D eigenvalue weighted by atomic mass is 9.93. The molecule has 6 nitrogen and oxygen atoms in total. The third kappa shape index (κ3) is 2.25. The minimum absolute atomic E-state index is 0.00194. The number of nitrogens with zero attached hydrogens (tertiary/aromatic N) is 3. The molecule has 0 amide bonds. The first-order chi connectivity index (χ1) is 9.65. The number of hydrogen-bond acceptors (Lipinski definition) is 5. The predicted octanol–water partition coefficient (Wildman–Crippen LogP) is 2.39. The van der Waals surface area contributed by atoms with E-state index in [1.165, 1.54) is 12.1 Å². The molecule has 0 fully saturated rings. The zero-order valence-electron chi connectivity index (χ0n) is 10.8. The molecule has 1 heterocycles. The molecule has 20 heavy (non-hydrogen) atoms. The third-order valence-electron chi connectivity index (χ3n) is 3.54. The zero-order valence-corrected chi connectivity index (χ0v) is 10.8. The van der Waals surface area contributed by atoms with Gasteiger partial charge in [0, 0.05) is 41.2 Å². The number of nitro benzene ring substituents is 1. The van der Waals surface area contributed by atoms with Gasteiger partial charge in [-0.15, -0.1) is 0 Å². The summed E-state index contributed by atoms with van der Waals surface area (Å²) in [6.45, 7) is 0. The van der Waals surface area contributed by atoms with E-state index < -0.39 is 4.92 Å². The van der Waals surface area contributed by atoms with E-state index in [-0.39, 0.29) is 11.7 Å².